The van der Waals surface area contributed by atoms with Gasteiger partial charge in [-0.25, -0.2) is 14.3 Å². The number of carbonyl (C=O) groups excluding carboxylic acids is 2. The summed E-state index contributed by atoms with van der Waals surface area (Å²) >= 11 is 5.91. The number of aromatic nitrogens is 2. The van der Waals surface area contributed by atoms with Crippen LogP contribution in [-0.4, -0.2) is 35.9 Å². The van der Waals surface area contributed by atoms with E-state index in [-0.39, 0.29) is 11.3 Å². The summed E-state index contributed by atoms with van der Waals surface area (Å²) in [6.45, 7) is 0. The molecule has 0 bridgehead atoms. The van der Waals surface area contributed by atoms with E-state index in [0.717, 1.165) is 0 Å². The molecule has 0 spiro atoms. The van der Waals surface area contributed by atoms with Crippen molar-refractivity contribution in [1.82, 2.24) is 9.78 Å². The van der Waals surface area contributed by atoms with Gasteiger partial charge in [0.2, 0.25) is 0 Å². The van der Waals surface area contributed by atoms with Gasteiger partial charge in [-0.15, -0.1) is 0 Å². The number of benzene rings is 1. The normalized spacial score (nSPS) is 10.2. The largest absolute Gasteiger partial charge is 0.465 e. The molecule has 2 rings (SSSR count). The standard InChI is InChI=1S/C13H11ClN2O4/c1-19-12(17)10-7-15-16(11(10)13(18)20-2)9-5-3-4-8(14)6-9/h3-7H,1-2H3. The first-order valence-electron chi connectivity index (χ1n) is 5.59. The molecule has 0 atom stereocenters. The maximum absolute atomic E-state index is 11.9. The molecule has 1 heterocycles. The van der Waals surface area contributed by atoms with Crippen LogP contribution in [0.4, 0.5) is 0 Å². The smallest absolute Gasteiger partial charge is 0.357 e. The van der Waals surface area contributed by atoms with Crippen LogP contribution < -0.4 is 0 Å². The second kappa shape index (κ2) is 5.75. The van der Waals surface area contributed by atoms with Gasteiger partial charge in [-0.05, 0) is 18.2 Å². The molecule has 0 unspecified atom stereocenters. The Labute approximate surface area is 119 Å². The first-order chi connectivity index (χ1) is 9.58. The van der Waals surface area contributed by atoms with Crippen molar-refractivity contribution in [1.29, 1.82) is 0 Å². The van der Waals surface area contributed by atoms with Crippen molar-refractivity contribution in [3.63, 3.8) is 0 Å². The maximum atomic E-state index is 11.9. The first-order valence-corrected chi connectivity index (χ1v) is 5.97. The molecule has 1 aromatic carbocycles. The molecule has 0 saturated carbocycles. The molecule has 0 amide bonds. The summed E-state index contributed by atoms with van der Waals surface area (Å²) in [7, 11) is 2.44. The van der Waals surface area contributed by atoms with Gasteiger partial charge in [0.05, 0.1) is 26.1 Å². The number of esters is 2. The van der Waals surface area contributed by atoms with Crippen LogP contribution in [0.2, 0.25) is 5.02 Å². The highest BCUT2D eigenvalue weighted by atomic mass is 35.5. The second-order valence-corrected chi connectivity index (χ2v) is 4.22. The average Bonchev–Trinajstić information content (AvgIpc) is 2.90. The Hall–Kier alpha value is -2.34. The minimum Gasteiger partial charge on any atom is -0.465 e. The summed E-state index contributed by atoms with van der Waals surface area (Å²) in [4.78, 5) is 23.5. The van der Waals surface area contributed by atoms with Crippen molar-refractivity contribution in [3.05, 3.63) is 46.7 Å². The van der Waals surface area contributed by atoms with Crippen LogP contribution in [0.1, 0.15) is 20.8 Å². The maximum Gasteiger partial charge on any atom is 0.357 e. The highest BCUT2D eigenvalue weighted by Gasteiger charge is 2.25. The van der Waals surface area contributed by atoms with Crippen LogP contribution in [-0.2, 0) is 9.47 Å². The second-order valence-electron chi connectivity index (χ2n) is 3.78. The van der Waals surface area contributed by atoms with E-state index < -0.39 is 11.9 Å². The van der Waals surface area contributed by atoms with Gasteiger partial charge >= 0.3 is 11.9 Å². The Morgan fingerprint density at radius 3 is 2.50 bits per heavy atom. The van der Waals surface area contributed by atoms with E-state index in [4.69, 9.17) is 11.6 Å². The Kier molecular flexibility index (Phi) is 4.05. The van der Waals surface area contributed by atoms with Crippen LogP contribution >= 0.6 is 11.6 Å². The lowest BCUT2D eigenvalue weighted by molar-refractivity contribution is 0.0549. The van der Waals surface area contributed by atoms with Gasteiger partial charge in [0.15, 0.2) is 5.69 Å². The monoisotopic (exact) mass is 294 g/mol. The number of rotatable bonds is 3. The van der Waals surface area contributed by atoms with E-state index in [2.05, 4.69) is 14.6 Å². The van der Waals surface area contributed by atoms with Crippen molar-refractivity contribution in [2.75, 3.05) is 14.2 Å². The van der Waals surface area contributed by atoms with Crippen LogP contribution in [0.5, 0.6) is 0 Å². The summed E-state index contributed by atoms with van der Waals surface area (Å²) in [5.41, 5.74) is 0.550. The molecule has 0 fully saturated rings. The zero-order valence-corrected chi connectivity index (χ0v) is 11.5. The summed E-state index contributed by atoms with van der Waals surface area (Å²) in [5.74, 6) is -1.36. The van der Waals surface area contributed by atoms with Gasteiger partial charge in [0.25, 0.3) is 0 Å². The van der Waals surface area contributed by atoms with Gasteiger partial charge in [-0.1, -0.05) is 17.7 Å². The number of hydrogen-bond donors (Lipinski definition) is 0. The van der Waals surface area contributed by atoms with Gasteiger partial charge in [-0.3, -0.25) is 0 Å². The van der Waals surface area contributed by atoms with Crippen molar-refractivity contribution >= 4 is 23.5 Å². The fourth-order valence-electron chi connectivity index (χ4n) is 1.70. The molecule has 0 aliphatic heterocycles. The van der Waals surface area contributed by atoms with Crippen LogP contribution in [0.3, 0.4) is 0 Å². The number of carbonyl (C=O) groups is 2. The molecule has 0 aliphatic rings. The van der Waals surface area contributed by atoms with E-state index in [9.17, 15) is 9.59 Å². The minimum atomic E-state index is -0.692. The van der Waals surface area contributed by atoms with Gasteiger partial charge in [-0.2, -0.15) is 5.10 Å². The zero-order chi connectivity index (χ0) is 14.7. The van der Waals surface area contributed by atoms with Crippen LogP contribution in [0.25, 0.3) is 5.69 Å². The molecule has 0 radical (unpaired) electrons. The molecule has 104 valence electrons. The third kappa shape index (κ3) is 2.50. The minimum absolute atomic E-state index is 0.0124. The Morgan fingerprint density at radius 2 is 1.90 bits per heavy atom. The predicted molar refractivity (Wildman–Crippen MR) is 71.3 cm³/mol. The predicted octanol–water partition coefficient (Wildman–Crippen LogP) is 2.10. The Balaban J connectivity index is 2.62. The molecule has 6 nitrogen and oxygen atoms in total. The molecular formula is C13H11ClN2O4. The van der Waals surface area contributed by atoms with Crippen molar-refractivity contribution in [2.24, 2.45) is 0 Å². The number of nitrogens with zero attached hydrogens (tertiary/aromatic N) is 2. The SMILES string of the molecule is COC(=O)c1cnn(-c2cccc(Cl)c2)c1C(=O)OC. The van der Waals surface area contributed by atoms with Crippen molar-refractivity contribution < 1.29 is 19.1 Å². The summed E-state index contributed by atoms with van der Waals surface area (Å²) < 4.78 is 10.6. The van der Waals surface area contributed by atoms with E-state index in [1.54, 1.807) is 24.3 Å². The Bertz CT molecular complexity index is 666. The van der Waals surface area contributed by atoms with Gasteiger partial charge < -0.3 is 9.47 Å². The van der Waals surface area contributed by atoms with E-state index in [0.29, 0.717) is 10.7 Å². The number of methoxy groups -OCH3 is 2. The highest BCUT2D eigenvalue weighted by molar-refractivity contribution is 6.30. The third-order valence-corrected chi connectivity index (χ3v) is 2.84. The number of hydrogen-bond acceptors (Lipinski definition) is 5. The Morgan fingerprint density at radius 1 is 1.20 bits per heavy atom. The van der Waals surface area contributed by atoms with Crippen LogP contribution in [0.15, 0.2) is 30.5 Å². The molecule has 7 heteroatoms. The first kappa shape index (κ1) is 14.1. The van der Waals surface area contributed by atoms with E-state index >= 15 is 0 Å². The van der Waals surface area contributed by atoms with Gasteiger partial charge in [0.1, 0.15) is 5.56 Å². The van der Waals surface area contributed by atoms with E-state index in [1.165, 1.54) is 25.1 Å². The molecular weight excluding hydrogens is 284 g/mol. The lowest BCUT2D eigenvalue weighted by atomic mass is 10.2. The topological polar surface area (TPSA) is 70.4 Å². The van der Waals surface area contributed by atoms with Crippen molar-refractivity contribution in [2.45, 2.75) is 0 Å². The lowest BCUT2D eigenvalue weighted by Crippen LogP contribution is -2.15. The fourth-order valence-corrected chi connectivity index (χ4v) is 1.89. The highest BCUT2D eigenvalue weighted by Crippen LogP contribution is 2.19. The summed E-state index contributed by atoms with van der Waals surface area (Å²) in [5, 5.41) is 4.50. The average molecular weight is 295 g/mol. The van der Waals surface area contributed by atoms with Crippen molar-refractivity contribution in [3.8, 4) is 5.69 Å². The molecule has 0 aliphatic carbocycles. The summed E-state index contributed by atoms with van der Waals surface area (Å²) in [6, 6.07) is 6.71. The number of halogens is 1. The number of ether oxygens (including phenoxy) is 2. The van der Waals surface area contributed by atoms with E-state index in [1.807, 2.05) is 0 Å². The third-order valence-electron chi connectivity index (χ3n) is 2.61. The molecule has 0 N–H and O–H groups in total. The fraction of sp³-hybridized carbons (Fsp3) is 0.154. The summed E-state index contributed by atoms with van der Waals surface area (Å²) in [6.07, 6.45) is 1.25. The molecule has 2 aromatic rings. The zero-order valence-electron chi connectivity index (χ0n) is 10.8. The quantitative estimate of drug-likeness (QED) is 0.811. The molecule has 20 heavy (non-hydrogen) atoms. The van der Waals surface area contributed by atoms with Gasteiger partial charge in [0, 0.05) is 5.02 Å². The molecule has 0 saturated heterocycles. The van der Waals surface area contributed by atoms with Crippen LogP contribution in [0, 0.1) is 0 Å². The molecule has 1 aromatic heterocycles. The lowest BCUT2D eigenvalue weighted by Gasteiger charge is -2.07.